The molecule has 2 aromatic rings. The molecule has 3 rings (SSSR count). The molecule has 0 radical (unpaired) electrons. The molecule has 20 heavy (non-hydrogen) atoms. The molecule has 1 aliphatic carbocycles. The SMILES string of the molecule is Cc1ccc(C(O)CNCc2nc3c(s2)CCC3)cc1. The fourth-order valence-corrected chi connectivity index (χ4v) is 3.67. The smallest absolute Gasteiger partial charge is 0.107 e. The minimum Gasteiger partial charge on any atom is -0.387 e. The number of hydrogen-bond acceptors (Lipinski definition) is 4. The van der Waals surface area contributed by atoms with Crippen LogP contribution in [-0.2, 0) is 19.4 Å². The van der Waals surface area contributed by atoms with Crippen LogP contribution in [-0.4, -0.2) is 16.6 Å². The molecule has 1 aromatic heterocycles. The maximum Gasteiger partial charge on any atom is 0.107 e. The van der Waals surface area contributed by atoms with E-state index in [0.717, 1.165) is 23.5 Å². The van der Waals surface area contributed by atoms with E-state index in [1.54, 1.807) is 0 Å². The first-order valence-corrected chi connectivity index (χ1v) is 7.97. The van der Waals surface area contributed by atoms with E-state index in [1.165, 1.54) is 29.0 Å². The molecule has 0 spiro atoms. The lowest BCUT2D eigenvalue weighted by atomic mass is 10.1. The van der Waals surface area contributed by atoms with Crippen LogP contribution in [0.2, 0.25) is 0 Å². The second-order valence-electron chi connectivity index (χ2n) is 5.39. The number of aliphatic hydroxyl groups is 1. The van der Waals surface area contributed by atoms with Gasteiger partial charge in [0.1, 0.15) is 5.01 Å². The molecule has 0 bridgehead atoms. The van der Waals surface area contributed by atoms with Crippen molar-refractivity contribution in [2.24, 2.45) is 0 Å². The number of nitrogens with zero attached hydrogens (tertiary/aromatic N) is 1. The highest BCUT2D eigenvalue weighted by atomic mass is 32.1. The molecule has 0 saturated heterocycles. The molecule has 0 saturated carbocycles. The predicted octanol–water partition coefficient (Wildman–Crippen LogP) is 2.76. The zero-order chi connectivity index (χ0) is 13.9. The molecule has 0 amide bonds. The zero-order valence-electron chi connectivity index (χ0n) is 11.7. The van der Waals surface area contributed by atoms with Gasteiger partial charge in [-0.05, 0) is 31.7 Å². The third-order valence-electron chi connectivity index (χ3n) is 3.72. The Labute approximate surface area is 123 Å². The van der Waals surface area contributed by atoms with E-state index in [-0.39, 0.29) is 0 Å². The molecule has 1 heterocycles. The zero-order valence-corrected chi connectivity index (χ0v) is 12.5. The number of aryl methyl sites for hydroxylation is 3. The quantitative estimate of drug-likeness (QED) is 0.889. The summed E-state index contributed by atoms with van der Waals surface area (Å²) < 4.78 is 0. The van der Waals surface area contributed by atoms with Crippen LogP contribution < -0.4 is 5.32 Å². The van der Waals surface area contributed by atoms with Crippen molar-refractivity contribution in [2.75, 3.05) is 6.54 Å². The van der Waals surface area contributed by atoms with E-state index in [9.17, 15) is 5.11 Å². The molecule has 0 fully saturated rings. The summed E-state index contributed by atoms with van der Waals surface area (Å²) in [5.74, 6) is 0. The lowest BCUT2D eigenvalue weighted by Crippen LogP contribution is -2.21. The fraction of sp³-hybridized carbons (Fsp3) is 0.438. The van der Waals surface area contributed by atoms with Crippen LogP contribution in [0.3, 0.4) is 0 Å². The Morgan fingerprint density at radius 3 is 2.85 bits per heavy atom. The van der Waals surface area contributed by atoms with E-state index in [2.05, 4.69) is 17.2 Å². The van der Waals surface area contributed by atoms with Crippen molar-refractivity contribution in [3.8, 4) is 0 Å². The van der Waals surface area contributed by atoms with E-state index >= 15 is 0 Å². The van der Waals surface area contributed by atoms with Gasteiger partial charge in [-0.2, -0.15) is 0 Å². The number of rotatable bonds is 5. The van der Waals surface area contributed by atoms with Crippen LogP contribution in [0.4, 0.5) is 0 Å². The van der Waals surface area contributed by atoms with E-state index < -0.39 is 6.10 Å². The van der Waals surface area contributed by atoms with Crippen LogP contribution in [0.1, 0.15) is 39.2 Å². The van der Waals surface area contributed by atoms with Crippen LogP contribution in [0, 0.1) is 6.92 Å². The Morgan fingerprint density at radius 2 is 2.10 bits per heavy atom. The van der Waals surface area contributed by atoms with Crippen molar-refractivity contribution in [3.63, 3.8) is 0 Å². The summed E-state index contributed by atoms with van der Waals surface area (Å²) in [6.45, 7) is 3.37. The summed E-state index contributed by atoms with van der Waals surface area (Å²) in [6, 6.07) is 8.03. The highest BCUT2D eigenvalue weighted by Gasteiger charge is 2.16. The van der Waals surface area contributed by atoms with Gasteiger partial charge in [0.15, 0.2) is 0 Å². The molecule has 1 unspecified atom stereocenters. The summed E-state index contributed by atoms with van der Waals surface area (Å²) in [4.78, 5) is 6.11. The predicted molar refractivity (Wildman–Crippen MR) is 82.0 cm³/mol. The first kappa shape index (κ1) is 13.7. The standard InChI is InChI=1S/C16H20N2OS/c1-11-5-7-12(8-6-11)14(19)9-17-10-16-18-13-3-2-4-15(13)20-16/h5-8,14,17,19H,2-4,9-10H2,1H3. The summed E-state index contributed by atoms with van der Waals surface area (Å²) in [5.41, 5.74) is 3.47. The summed E-state index contributed by atoms with van der Waals surface area (Å²) in [7, 11) is 0. The average molecular weight is 288 g/mol. The van der Waals surface area contributed by atoms with Gasteiger partial charge >= 0.3 is 0 Å². The van der Waals surface area contributed by atoms with Gasteiger partial charge in [-0.25, -0.2) is 4.98 Å². The van der Waals surface area contributed by atoms with Crippen molar-refractivity contribution in [1.82, 2.24) is 10.3 Å². The molecule has 4 heteroatoms. The molecule has 1 aliphatic rings. The molecule has 2 N–H and O–H groups in total. The molecule has 1 atom stereocenters. The lowest BCUT2D eigenvalue weighted by Gasteiger charge is -2.11. The number of aliphatic hydroxyl groups excluding tert-OH is 1. The largest absolute Gasteiger partial charge is 0.387 e. The maximum absolute atomic E-state index is 10.1. The average Bonchev–Trinajstić information content (AvgIpc) is 3.00. The Bertz CT molecular complexity index is 555. The van der Waals surface area contributed by atoms with Crippen molar-refractivity contribution < 1.29 is 5.11 Å². The lowest BCUT2D eigenvalue weighted by molar-refractivity contribution is 0.174. The summed E-state index contributed by atoms with van der Waals surface area (Å²) in [5, 5.41) is 14.6. The van der Waals surface area contributed by atoms with Crippen LogP contribution in [0.25, 0.3) is 0 Å². The number of benzene rings is 1. The first-order chi connectivity index (χ1) is 9.72. The third kappa shape index (κ3) is 3.08. The fourth-order valence-electron chi connectivity index (χ4n) is 2.54. The maximum atomic E-state index is 10.1. The second-order valence-corrected chi connectivity index (χ2v) is 6.56. The highest BCUT2D eigenvalue weighted by molar-refractivity contribution is 7.11. The Hall–Kier alpha value is -1.23. The van der Waals surface area contributed by atoms with E-state index in [1.807, 2.05) is 35.6 Å². The molecule has 0 aliphatic heterocycles. The van der Waals surface area contributed by atoms with Gasteiger partial charge in [0.2, 0.25) is 0 Å². The van der Waals surface area contributed by atoms with Crippen molar-refractivity contribution >= 4 is 11.3 Å². The third-order valence-corrected chi connectivity index (χ3v) is 4.87. The number of fused-ring (bicyclic) bond motifs is 1. The minimum absolute atomic E-state index is 0.456. The Morgan fingerprint density at radius 1 is 1.30 bits per heavy atom. The Kier molecular flexibility index (Phi) is 4.15. The van der Waals surface area contributed by atoms with Gasteiger partial charge in [0, 0.05) is 18.0 Å². The van der Waals surface area contributed by atoms with Gasteiger partial charge in [-0.15, -0.1) is 11.3 Å². The molecule has 106 valence electrons. The number of hydrogen-bond donors (Lipinski definition) is 2. The van der Waals surface area contributed by atoms with E-state index in [4.69, 9.17) is 0 Å². The van der Waals surface area contributed by atoms with Gasteiger partial charge in [-0.1, -0.05) is 29.8 Å². The first-order valence-electron chi connectivity index (χ1n) is 7.15. The monoisotopic (exact) mass is 288 g/mol. The topological polar surface area (TPSA) is 45.1 Å². The number of thiazole rings is 1. The van der Waals surface area contributed by atoms with Crippen LogP contribution in [0.15, 0.2) is 24.3 Å². The van der Waals surface area contributed by atoms with Crippen LogP contribution in [0.5, 0.6) is 0 Å². The number of nitrogens with one attached hydrogen (secondary N) is 1. The number of aromatic nitrogens is 1. The van der Waals surface area contributed by atoms with Crippen molar-refractivity contribution in [1.29, 1.82) is 0 Å². The van der Waals surface area contributed by atoms with Gasteiger partial charge < -0.3 is 10.4 Å². The van der Waals surface area contributed by atoms with Gasteiger partial charge in [0.05, 0.1) is 11.8 Å². The van der Waals surface area contributed by atoms with Crippen LogP contribution >= 0.6 is 11.3 Å². The summed E-state index contributed by atoms with van der Waals surface area (Å²) >= 11 is 1.82. The molecular weight excluding hydrogens is 268 g/mol. The van der Waals surface area contributed by atoms with Crippen molar-refractivity contribution in [3.05, 3.63) is 51.0 Å². The van der Waals surface area contributed by atoms with E-state index in [0.29, 0.717) is 6.54 Å². The normalized spacial score (nSPS) is 15.3. The highest BCUT2D eigenvalue weighted by Crippen LogP contribution is 2.27. The minimum atomic E-state index is -0.456. The van der Waals surface area contributed by atoms with Gasteiger partial charge in [-0.3, -0.25) is 0 Å². The summed E-state index contributed by atoms with van der Waals surface area (Å²) in [6.07, 6.45) is 3.13. The molecule has 3 nitrogen and oxygen atoms in total. The van der Waals surface area contributed by atoms with Crippen molar-refractivity contribution in [2.45, 2.75) is 38.8 Å². The molecule has 1 aromatic carbocycles. The Balaban J connectivity index is 1.50. The van der Waals surface area contributed by atoms with Gasteiger partial charge in [0.25, 0.3) is 0 Å². The molecular formula is C16H20N2OS. The second kappa shape index (κ2) is 6.04.